The third kappa shape index (κ3) is 5.41. The first kappa shape index (κ1) is 18.1. The topological polar surface area (TPSA) is 47.0 Å². The second kappa shape index (κ2) is 8.53. The number of hydrogen-bond acceptors (Lipinski definition) is 3. The molecule has 0 radical (unpaired) electrons. The van der Waals surface area contributed by atoms with Gasteiger partial charge in [0.1, 0.15) is 6.29 Å². The van der Waals surface area contributed by atoms with Gasteiger partial charge in [0.15, 0.2) is 5.78 Å². The molecule has 2 rings (SSSR count). The molecule has 0 unspecified atom stereocenters. The number of ketones is 1. The van der Waals surface area contributed by atoms with Crippen molar-refractivity contribution in [3.8, 4) is 0 Å². The second-order valence-electron chi connectivity index (χ2n) is 6.93. The highest BCUT2D eigenvalue weighted by atomic mass is 16.1. The maximum atomic E-state index is 12.3. The van der Waals surface area contributed by atoms with Gasteiger partial charge in [0.05, 0.1) is 0 Å². The molecule has 1 aromatic heterocycles. The number of nitrogens with zero attached hydrogens (tertiary/aromatic N) is 1. The molecule has 0 bridgehead atoms. The van der Waals surface area contributed by atoms with Crippen molar-refractivity contribution < 1.29 is 9.59 Å². The Hall–Kier alpha value is -2.29. The van der Waals surface area contributed by atoms with Gasteiger partial charge in [-0.25, -0.2) is 0 Å². The maximum Gasteiger partial charge on any atom is 0.194 e. The van der Waals surface area contributed by atoms with Crippen molar-refractivity contribution in [1.29, 1.82) is 0 Å². The quantitative estimate of drug-likeness (QED) is 0.384. The predicted molar refractivity (Wildman–Crippen MR) is 96.1 cm³/mol. The van der Waals surface area contributed by atoms with Gasteiger partial charge >= 0.3 is 0 Å². The molecule has 0 saturated heterocycles. The van der Waals surface area contributed by atoms with Gasteiger partial charge in [0.25, 0.3) is 0 Å². The molecule has 0 aliphatic rings. The fraction of sp³-hybridized carbons (Fsp3) is 0.381. The van der Waals surface area contributed by atoms with Crippen LogP contribution in [0.2, 0.25) is 0 Å². The maximum absolute atomic E-state index is 12.3. The fourth-order valence-electron chi connectivity index (χ4n) is 2.63. The van der Waals surface area contributed by atoms with Gasteiger partial charge in [-0.05, 0) is 37.0 Å². The summed E-state index contributed by atoms with van der Waals surface area (Å²) in [6, 6.07) is 11.4. The summed E-state index contributed by atoms with van der Waals surface area (Å²) in [6.07, 6.45) is 9.54. The summed E-state index contributed by atoms with van der Waals surface area (Å²) < 4.78 is 0. The summed E-state index contributed by atoms with van der Waals surface area (Å²) in [5, 5.41) is 0. The van der Waals surface area contributed by atoms with Gasteiger partial charge < -0.3 is 4.79 Å². The van der Waals surface area contributed by atoms with E-state index in [2.05, 4.69) is 4.98 Å². The molecule has 0 spiro atoms. The van der Waals surface area contributed by atoms with Crippen LogP contribution in [0.1, 0.15) is 61.0 Å². The van der Waals surface area contributed by atoms with E-state index in [9.17, 15) is 9.59 Å². The molecule has 0 N–H and O–H groups in total. The van der Waals surface area contributed by atoms with Crippen LogP contribution in [0.15, 0.2) is 48.8 Å². The molecule has 126 valence electrons. The Morgan fingerprint density at radius 1 is 1.04 bits per heavy atom. The Balaban J connectivity index is 1.80. The molecule has 3 nitrogen and oxygen atoms in total. The molecule has 2 aromatic rings. The highest BCUT2D eigenvalue weighted by Gasteiger charge is 2.15. The van der Waals surface area contributed by atoms with Crippen molar-refractivity contribution in [3.63, 3.8) is 0 Å². The molecular formula is C21H25NO2. The lowest BCUT2D eigenvalue weighted by molar-refractivity contribution is -0.115. The van der Waals surface area contributed by atoms with Crippen LogP contribution in [0, 0.1) is 5.41 Å². The van der Waals surface area contributed by atoms with E-state index in [-0.39, 0.29) is 11.2 Å². The summed E-state index contributed by atoms with van der Waals surface area (Å²) >= 11 is 0. The standard InChI is InChI=1S/C21H25NO2/c1-21(2,16-23)13-5-3-4-7-17-9-11-18(12-10-17)20(24)19-8-6-14-22-15-19/h6,8-12,14-16H,3-5,7,13H2,1-2H3. The summed E-state index contributed by atoms with van der Waals surface area (Å²) in [4.78, 5) is 27.2. The first-order valence-corrected chi connectivity index (χ1v) is 8.52. The van der Waals surface area contributed by atoms with Crippen LogP contribution in [0.3, 0.4) is 0 Å². The van der Waals surface area contributed by atoms with Crippen LogP contribution in [-0.2, 0) is 11.2 Å². The van der Waals surface area contributed by atoms with E-state index in [1.54, 1.807) is 24.5 Å². The normalized spacial score (nSPS) is 11.2. The highest BCUT2D eigenvalue weighted by molar-refractivity contribution is 6.08. The third-order valence-corrected chi connectivity index (χ3v) is 4.25. The Morgan fingerprint density at radius 2 is 1.79 bits per heavy atom. The number of pyridine rings is 1. The number of aromatic nitrogens is 1. The first-order chi connectivity index (χ1) is 11.5. The van der Waals surface area contributed by atoms with Gasteiger partial charge in [-0.15, -0.1) is 0 Å². The Morgan fingerprint density at radius 3 is 2.42 bits per heavy atom. The van der Waals surface area contributed by atoms with Gasteiger partial charge in [-0.3, -0.25) is 9.78 Å². The predicted octanol–water partition coefficient (Wildman–Crippen LogP) is 4.64. The van der Waals surface area contributed by atoms with E-state index in [0.29, 0.717) is 11.1 Å². The van der Waals surface area contributed by atoms with Crippen molar-refractivity contribution in [2.75, 3.05) is 0 Å². The van der Waals surface area contributed by atoms with Crippen molar-refractivity contribution >= 4 is 12.1 Å². The minimum Gasteiger partial charge on any atom is -0.303 e. The van der Waals surface area contributed by atoms with E-state index in [1.165, 1.54) is 5.56 Å². The van der Waals surface area contributed by atoms with Gasteiger partial charge in [-0.2, -0.15) is 0 Å². The Labute approximate surface area is 144 Å². The largest absolute Gasteiger partial charge is 0.303 e. The van der Waals surface area contributed by atoms with Crippen molar-refractivity contribution in [1.82, 2.24) is 4.98 Å². The Kier molecular flexibility index (Phi) is 6.42. The third-order valence-electron chi connectivity index (χ3n) is 4.25. The molecule has 24 heavy (non-hydrogen) atoms. The summed E-state index contributed by atoms with van der Waals surface area (Å²) in [5.41, 5.74) is 2.35. The van der Waals surface area contributed by atoms with Crippen molar-refractivity contribution in [2.24, 2.45) is 5.41 Å². The molecular weight excluding hydrogens is 298 g/mol. The van der Waals surface area contributed by atoms with Crippen molar-refractivity contribution in [2.45, 2.75) is 46.0 Å². The summed E-state index contributed by atoms with van der Waals surface area (Å²) in [7, 11) is 0. The number of unbranched alkanes of at least 4 members (excludes halogenated alkanes) is 2. The number of aryl methyl sites for hydroxylation is 1. The van der Waals surface area contributed by atoms with E-state index < -0.39 is 0 Å². The van der Waals surface area contributed by atoms with Crippen LogP contribution in [-0.4, -0.2) is 17.1 Å². The zero-order valence-corrected chi connectivity index (χ0v) is 14.5. The number of benzene rings is 1. The first-order valence-electron chi connectivity index (χ1n) is 8.52. The lowest BCUT2D eigenvalue weighted by Gasteiger charge is -2.15. The molecule has 0 aliphatic heterocycles. The van der Waals surface area contributed by atoms with Crippen LogP contribution in [0.5, 0.6) is 0 Å². The van der Waals surface area contributed by atoms with Crippen LogP contribution in [0.25, 0.3) is 0 Å². The Bertz CT molecular complexity index is 660. The molecule has 1 heterocycles. The molecule has 0 saturated carbocycles. The van der Waals surface area contributed by atoms with E-state index in [0.717, 1.165) is 38.4 Å². The lowest BCUT2D eigenvalue weighted by atomic mass is 9.88. The zero-order chi connectivity index (χ0) is 17.4. The fourth-order valence-corrected chi connectivity index (χ4v) is 2.63. The number of aldehydes is 1. The molecule has 3 heteroatoms. The number of hydrogen-bond donors (Lipinski definition) is 0. The average Bonchev–Trinajstić information content (AvgIpc) is 2.62. The minimum atomic E-state index is -0.200. The highest BCUT2D eigenvalue weighted by Crippen LogP contribution is 2.21. The zero-order valence-electron chi connectivity index (χ0n) is 14.5. The summed E-state index contributed by atoms with van der Waals surface area (Å²) in [6.45, 7) is 3.97. The SMILES string of the molecule is CC(C)(C=O)CCCCCc1ccc(C(=O)c2cccnc2)cc1. The minimum absolute atomic E-state index is 0.00532. The monoisotopic (exact) mass is 323 g/mol. The smallest absolute Gasteiger partial charge is 0.194 e. The van der Waals surface area contributed by atoms with Crippen LogP contribution >= 0.6 is 0 Å². The molecule has 1 aromatic carbocycles. The molecule has 0 atom stereocenters. The van der Waals surface area contributed by atoms with Gasteiger partial charge in [-0.1, -0.05) is 51.0 Å². The van der Waals surface area contributed by atoms with Crippen LogP contribution in [0.4, 0.5) is 0 Å². The van der Waals surface area contributed by atoms with E-state index in [4.69, 9.17) is 0 Å². The molecule has 0 amide bonds. The molecule has 0 fully saturated rings. The van der Waals surface area contributed by atoms with E-state index >= 15 is 0 Å². The van der Waals surface area contributed by atoms with Gasteiger partial charge in [0, 0.05) is 28.9 Å². The number of rotatable bonds is 9. The number of carbonyl (C=O) groups is 2. The molecule has 0 aliphatic carbocycles. The van der Waals surface area contributed by atoms with Crippen molar-refractivity contribution in [3.05, 3.63) is 65.5 Å². The average molecular weight is 323 g/mol. The second-order valence-corrected chi connectivity index (χ2v) is 6.93. The van der Waals surface area contributed by atoms with E-state index in [1.807, 2.05) is 38.1 Å². The van der Waals surface area contributed by atoms with Crippen LogP contribution < -0.4 is 0 Å². The van der Waals surface area contributed by atoms with Gasteiger partial charge in [0.2, 0.25) is 0 Å². The summed E-state index contributed by atoms with van der Waals surface area (Å²) in [5.74, 6) is 0.00532. The number of carbonyl (C=O) groups excluding carboxylic acids is 2. The lowest BCUT2D eigenvalue weighted by Crippen LogP contribution is -2.12.